The number of aromatic nitrogens is 5. The van der Waals surface area contributed by atoms with Gasteiger partial charge >= 0.3 is 0 Å². The molecule has 0 atom stereocenters. The first kappa shape index (κ1) is 24.4. The van der Waals surface area contributed by atoms with E-state index >= 15 is 0 Å². The quantitative estimate of drug-likeness (QED) is 0.417. The highest BCUT2D eigenvalue weighted by Gasteiger charge is 2.21. The lowest BCUT2D eigenvalue weighted by molar-refractivity contribution is -0.129. The largest absolute Gasteiger partial charge is 0.338 e. The zero-order valence-corrected chi connectivity index (χ0v) is 21.7. The molecule has 0 saturated carbocycles. The van der Waals surface area contributed by atoms with Gasteiger partial charge in [0.25, 0.3) is 5.56 Å². The molecule has 4 heterocycles. The van der Waals surface area contributed by atoms with Crippen LogP contribution < -0.4 is 10.9 Å². The number of amides is 1. The normalized spacial score (nSPS) is 13.5. The molecule has 9 heteroatoms. The predicted molar refractivity (Wildman–Crippen MR) is 144 cm³/mol. The number of fused-ring (bicyclic) bond motifs is 2. The smallest absolute Gasteiger partial charge is 0.278 e. The average Bonchev–Trinajstić information content (AvgIpc) is 3.14. The summed E-state index contributed by atoms with van der Waals surface area (Å²) in [5.74, 6) is 1.04. The van der Waals surface area contributed by atoms with Gasteiger partial charge in [0.1, 0.15) is 5.39 Å². The van der Waals surface area contributed by atoms with Crippen LogP contribution >= 0.6 is 0 Å². The monoisotopic (exact) mass is 497 g/mol. The molecule has 0 fully saturated rings. The zero-order valence-electron chi connectivity index (χ0n) is 21.7. The van der Waals surface area contributed by atoms with Gasteiger partial charge in [0, 0.05) is 43.0 Å². The van der Waals surface area contributed by atoms with E-state index in [2.05, 4.69) is 43.7 Å². The van der Waals surface area contributed by atoms with Gasteiger partial charge in [0.15, 0.2) is 11.5 Å². The Kier molecular flexibility index (Phi) is 6.15. The van der Waals surface area contributed by atoms with Crippen LogP contribution in [0, 0.1) is 0 Å². The van der Waals surface area contributed by atoms with Gasteiger partial charge < -0.3 is 10.2 Å². The van der Waals surface area contributed by atoms with Crippen LogP contribution in [0.2, 0.25) is 0 Å². The first-order chi connectivity index (χ1) is 17.7. The second kappa shape index (κ2) is 9.31. The minimum absolute atomic E-state index is 0.0731. The van der Waals surface area contributed by atoms with E-state index < -0.39 is 0 Å². The number of pyridine rings is 1. The van der Waals surface area contributed by atoms with E-state index in [0.29, 0.717) is 35.9 Å². The lowest BCUT2D eigenvalue weighted by Crippen LogP contribution is -2.34. The fraction of sp³-hybridized carbons (Fsp3) is 0.321. The molecular weight excluding hydrogens is 466 g/mol. The van der Waals surface area contributed by atoms with Gasteiger partial charge in [-0.25, -0.2) is 19.3 Å². The highest BCUT2D eigenvalue weighted by molar-refractivity contribution is 5.77. The number of rotatable bonds is 5. The molecule has 1 aromatic carbocycles. The molecule has 0 bridgehead atoms. The van der Waals surface area contributed by atoms with Crippen molar-refractivity contribution < 1.29 is 4.79 Å². The summed E-state index contributed by atoms with van der Waals surface area (Å²) in [6, 6.07) is 11.9. The maximum Gasteiger partial charge on any atom is 0.278 e. The third-order valence-corrected chi connectivity index (χ3v) is 6.62. The van der Waals surface area contributed by atoms with Crippen molar-refractivity contribution in [1.29, 1.82) is 0 Å². The fourth-order valence-electron chi connectivity index (χ4n) is 4.60. The number of carbonyl (C=O) groups is 1. The summed E-state index contributed by atoms with van der Waals surface area (Å²) in [7, 11) is 0. The topological polar surface area (TPSA) is 97.9 Å². The molecule has 1 aliphatic rings. The van der Waals surface area contributed by atoms with Crippen LogP contribution in [-0.2, 0) is 29.7 Å². The molecule has 3 aromatic heterocycles. The molecule has 0 aliphatic carbocycles. The molecule has 0 radical (unpaired) electrons. The highest BCUT2D eigenvalue weighted by Crippen LogP contribution is 2.26. The lowest BCUT2D eigenvalue weighted by Gasteiger charge is -2.28. The number of nitrogens with zero attached hydrogens (tertiary/aromatic N) is 6. The van der Waals surface area contributed by atoms with Crippen LogP contribution in [0.3, 0.4) is 0 Å². The first-order valence-electron chi connectivity index (χ1n) is 12.4. The average molecular weight is 498 g/mol. The number of benzene rings is 1. The van der Waals surface area contributed by atoms with Gasteiger partial charge in [-0.3, -0.25) is 9.59 Å². The van der Waals surface area contributed by atoms with Crippen molar-refractivity contribution in [3.8, 4) is 5.82 Å². The van der Waals surface area contributed by atoms with Crippen molar-refractivity contribution >= 4 is 28.6 Å². The van der Waals surface area contributed by atoms with E-state index in [1.807, 2.05) is 35.2 Å². The maximum absolute atomic E-state index is 13.2. The Morgan fingerprint density at radius 2 is 1.97 bits per heavy atom. The van der Waals surface area contributed by atoms with E-state index in [0.717, 1.165) is 29.9 Å². The minimum atomic E-state index is -0.206. The van der Waals surface area contributed by atoms with Gasteiger partial charge in [-0.15, -0.1) is 6.58 Å². The zero-order chi connectivity index (χ0) is 26.3. The molecular formula is C28H31N7O2. The van der Waals surface area contributed by atoms with Crippen LogP contribution in [0.5, 0.6) is 0 Å². The summed E-state index contributed by atoms with van der Waals surface area (Å²) in [5.41, 5.74) is 4.16. The van der Waals surface area contributed by atoms with E-state index in [1.165, 1.54) is 5.56 Å². The second-order valence-electron chi connectivity index (χ2n) is 10.3. The molecule has 0 unspecified atom stereocenters. The van der Waals surface area contributed by atoms with Crippen LogP contribution in [-0.4, -0.2) is 41.7 Å². The van der Waals surface area contributed by atoms with Crippen molar-refractivity contribution in [2.75, 3.05) is 11.9 Å². The van der Waals surface area contributed by atoms with Gasteiger partial charge in [-0.05, 0) is 41.8 Å². The van der Waals surface area contributed by atoms with E-state index in [1.54, 1.807) is 28.6 Å². The van der Waals surface area contributed by atoms with Crippen LogP contribution in [0.25, 0.3) is 16.9 Å². The fourth-order valence-corrected chi connectivity index (χ4v) is 4.60. The van der Waals surface area contributed by atoms with Gasteiger partial charge in [-0.2, -0.15) is 4.98 Å². The number of hydrogen-bond acceptors (Lipinski definition) is 6. The number of hydrogen-bond donors (Lipinski definition) is 1. The van der Waals surface area contributed by atoms with Gasteiger partial charge in [-0.1, -0.05) is 39.0 Å². The molecule has 9 nitrogen and oxygen atoms in total. The standard InChI is InChI=1S/C28H31N7O2/c1-6-13-34-26(37)22-16-29-27(30-21-11-10-19-12-14-33(18(2)36)17-20(19)15-21)32-25(22)35(34)24-9-7-8-23(31-24)28(3,4)5/h6-11,15-16H,1,12-14,17H2,2-5H3,(H,29,30,32). The van der Waals surface area contributed by atoms with Gasteiger partial charge in [0.2, 0.25) is 11.9 Å². The summed E-state index contributed by atoms with van der Waals surface area (Å²) in [4.78, 5) is 41.0. The number of allylic oxidation sites excluding steroid dienone is 1. The lowest BCUT2D eigenvalue weighted by atomic mass is 9.92. The Hall–Kier alpha value is -4.27. The molecule has 1 N–H and O–H groups in total. The predicted octanol–water partition coefficient (Wildman–Crippen LogP) is 4.11. The van der Waals surface area contributed by atoms with Crippen molar-refractivity contribution in [3.63, 3.8) is 0 Å². The Balaban J connectivity index is 1.57. The van der Waals surface area contributed by atoms with Gasteiger partial charge in [0.05, 0.1) is 6.54 Å². The Labute approximate surface area is 215 Å². The first-order valence-corrected chi connectivity index (χ1v) is 12.4. The molecule has 190 valence electrons. The molecule has 1 aliphatic heterocycles. The molecule has 1 amide bonds. The molecule has 4 aromatic rings. The third-order valence-electron chi connectivity index (χ3n) is 6.62. The second-order valence-corrected chi connectivity index (χ2v) is 10.3. The molecule has 5 rings (SSSR count). The van der Waals surface area contributed by atoms with E-state index in [-0.39, 0.29) is 16.9 Å². The van der Waals surface area contributed by atoms with Crippen molar-refractivity contribution in [2.24, 2.45) is 0 Å². The summed E-state index contributed by atoms with van der Waals surface area (Å²) in [6.45, 7) is 13.3. The molecule has 37 heavy (non-hydrogen) atoms. The SMILES string of the molecule is C=CCn1c(=O)c2cnc(Nc3ccc4c(c3)CN(C(C)=O)CC4)nc2n1-c1cccc(C(C)(C)C)n1. The van der Waals surface area contributed by atoms with Crippen molar-refractivity contribution in [1.82, 2.24) is 29.2 Å². The molecule has 0 saturated heterocycles. The van der Waals surface area contributed by atoms with Crippen molar-refractivity contribution in [2.45, 2.75) is 52.6 Å². The Morgan fingerprint density at radius 3 is 2.70 bits per heavy atom. The van der Waals surface area contributed by atoms with Crippen molar-refractivity contribution in [3.05, 3.63) is 82.4 Å². The summed E-state index contributed by atoms with van der Waals surface area (Å²) < 4.78 is 3.30. The highest BCUT2D eigenvalue weighted by atomic mass is 16.2. The van der Waals surface area contributed by atoms with E-state index in [9.17, 15) is 9.59 Å². The van der Waals surface area contributed by atoms with Crippen LogP contribution in [0.1, 0.15) is 44.5 Å². The summed E-state index contributed by atoms with van der Waals surface area (Å²) >= 11 is 0. The maximum atomic E-state index is 13.2. The summed E-state index contributed by atoms with van der Waals surface area (Å²) in [5, 5.41) is 3.68. The Bertz CT molecular complexity index is 1580. The summed E-state index contributed by atoms with van der Waals surface area (Å²) in [6.07, 6.45) is 4.06. The Morgan fingerprint density at radius 1 is 1.16 bits per heavy atom. The van der Waals surface area contributed by atoms with Crippen LogP contribution in [0.15, 0.2) is 60.0 Å². The number of carbonyl (C=O) groups excluding carboxylic acids is 1. The third kappa shape index (κ3) is 4.64. The minimum Gasteiger partial charge on any atom is -0.338 e. The number of nitrogens with one attached hydrogen (secondary N) is 1. The van der Waals surface area contributed by atoms with Crippen LogP contribution in [0.4, 0.5) is 11.6 Å². The number of anilines is 2. The molecule has 0 spiro atoms. The van der Waals surface area contributed by atoms with E-state index in [4.69, 9.17) is 9.97 Å².